The van der Waals surface area contributed by atoms with Crippen LogP contribution >= 0.6 is 0 Å². The molecule has 0 saturated carbocycles. The summed E-state index contributed by atoms with van der Waals surface area (Å²) in [6.45, 7) is 8.04. The molecule has 1 atom stereocenters. The van der Waals surface area contributed by atoms with Crippen LogP contribution in [0.4, 0.5) is 0 Å². The molecule has 3 heteroatoms. The van der Waals surface area contributed by atoms with Crippen molar-refractivity contribution in [2.24, 2.45) is 11.3 Å². The maximum Gasteiger partial charge on any atom is 0.225 e. The lowest BCUT2D eigenvalue weighted by Gasteiger charge is -2.41. The van der Waals surface area contributed by atoms with Gasteiger partial charge in [-0.1, -0.05) is 43.7 Å². The third-order valence-electron chi connectivity index (χ3n) is 5.31. The summed E-state index contributed by atoms with van der Waals surface area (Å²) < 4.78 is 0. The highest BCUT2D eigenvalue weighted by molar-refractivity contribution is 5.78. The third kappa shape index (κ3) is 3.89. The molecule has 0 bridgehead atoms. The zero-order chi connectivity index (χ0) is 16.2. The summed E-state index contributed by atoms with van der Waals surface area (Å²) in [5.41, 5.74) is 2.51. The van der Waals surface area contributed by atoms with Gasteiger partial charge in [0, 0.05) is 25.6 Å². The highest BCUT2D eigenvalue weighted by Crippen LogP contribution is 2.34. The van der Waals surface area contributed by atoms with Gasteiger partial charge in [0.05, 0.1) is 0 Å². The number of piperidine rings is 1. The van der Waals surface area contributed by atoms with Crippen molar-refractivity contribution in [1.82, 2.24) is 4.90 Å². The van der Waals surface area contributed by atoms with E-state index in [1.165, 1.54) is 11.1 Å². The SMILES string of the molecule is CCC1(CO)CCN(C(=O)C(C)Cc2ccc(C)cc2)CC1. The second-order valence-corrected chi connectivity index (χ2v) is 6.93. The van der Waals surface area contributed by atoms with Gasteiger partial charge < -0.3 is 10.0 Å². The van der Waals surface area contributed by atoms with Crippen molar-refractivity contribution in [3.63, 3.8) is 0 Å². The van der Waals surface area contributed by atoms with E-state index in [0.717, 1.165) is 38.8 Å². The standard InChI is InChI=1S/C19H29NO2/c1-4-19(14-21)9-11-20(12-10-19)18(22)16(3)13-17-7-5-15(2)6-8-17/h5-8,16,21H,4,9-14H2,1-3H3. The van der Waals surface area contributed by atoms with Gasteiger partial charge >= 0.3 is 0 Å². The summed E-state index contributed by atoms with van der Waals surface area (Å²) in [5, 5.41) is 9.59. The first-order chi connectivity index (χ1) is 10.5. The van der Waals surface area contributed by atoms with Crippen LogP contribution in [-0.2, 0) is 11.2 Å². The zero-order valence-corrected chi connectivity index (χ0v) is 14.1. The molecule has 122 valence electrons. The second kappa shape index (κ2) is 7.28. The van der Waals surface area contributed by atoms with Gasteiger partial charge in [-0.15, -0.1) is 0 Å². The number of amides is 1. The van der Waals surface area contributed by atoms with E-state index in [4.69, 9.17) is 0 Å². The quantitative estimate of drug-likeness (QED) is 0.907. The summed E-state index contributed by atoms with van der Waals surface area (Å²) in [6, 6.07) is 8.43. The Balaban J connectivity index is 1.90. The van der Waals surface area contributed by atoms with Crippen molar-refractivity contribution in [1.29, 1.82) is 0 Å². The van der Waals surface area contributed by atoms with E-state index in [2.05, 4.69) is 38.1 Å². The van der Waals surface area contributed by atoms with Gasteiger partial charge in [0.15, 0.2) is 0 Å². The minimum atomic E-state index is 0.0194. The molecule has 1 saturated heterocycles. The van der Waals surface area contributed by atoms with Crippen molar-refractivity contribution < 1.29 is 9.90 Å². The number of benzene rings is 1. The van der Waals surface area contributed by atoms with Crippen LogP contribution in [0.25, 0.3) is 0 Å². The minimum absolute atomic E-state index is 0.0194. The van der Waals surface area contributed by atoms with Crippen LogP contribution in [0.3, 0.4) is 0 Å². The minimum Gasteiger partial charge on any atom is -0.396 e. The number of hydrogen-bond donors (Lipinski definition) is 1. The predicted octanol–water partition coefficient (Wildman–Crippen LogP) is 3.18. The fraction of sp³-hybridized carbons (Fsp3) is 0.632. The number of aliphatic hydroxyl groups is 1. The molecule has 3 nitrogen and oxygen atoms in total. The fourth-order valence-corrected chi connectivity index (χ4v) is 3.30. The summed E-state index contributed by atoms with van der Waals surface area (Å²) in [5.74, 6) is 0.272. The van der Waals surface area contributed by atoms with Gasteiger partial charge in [0.2, 0.25) is 5.91 Å². The summed E-state index contributed by atoms with van der Waals surface area (Å²) in [4.78, 5) is 14.6. The number of carbonyl (C=O) groups excluding carboxylic acids is 1. The molecule has 1 unspecified atom stereocenters. The molecule has 1 amide bonds. The van der Waals surface area contributed by atoms with E-state index in [9.17, 15) is 9.90 Å². The Labute approximate surface area is 134 Å². The number of carbonyl (C=O) groups is 1. The predicted molar refractivity (Wildman–Crippen MR) is 89.7 cm³/mol. The molecule has 1 aromatic rings. The van der Waals surface area contributed by atoms with E-state index in [1.807, 2.05) is 11.8 Å². The first-order valence-corrected chi connectivity index (χ1v) is 8.45. The molecule has 1 heterocycles. The van der Waals surface area contributed by atoms with Crippen LogP contribution < -0.4 is 0 Å². The number of nitrogens with zero attached hydrogens (tertiary/aromatic N) is 1. The fourth-order valence-electron chi connectivity index (χ4n) is 3.30. The Hall–Kier alpha value is -1.35. The van der Waals surface area contributed by atoms with Crippen molar-refractivity contribution in [3.05, 3.63) is 35.4 Å². The van der Waals surface area contributed by atoms with Crippen LogP contribution in [0.1, 0.15) is 44.2 Å². The topological polar surface area (TPSA) is 40.5 Å². The van der Waals surface area contributed by atoms with Crippen molar-refractivity contribution >= 4 is 5.91 Å². The first-order valence-electron chi connectivity index (χ1n) is 8.45. The zero-order valence-electron chi connectivity index (χ0n) is 14.1. The van der Waals surface area contributed by atoms with E-state index >= 15 is 0 Å². The average Bonchev–Trinajstić information content (AvgIpc) is 2.56. The molecule has 0 spiro atoms. The number of likely N-dealkylation sites (tertiary alicyclic amines) is 1. The smallest absolute Gasteiger partial charge is 0.225 e. The van der Waals surface area contributed by atoms with Crippen LogP contribution in [0.15, 0.2) is 24.3 Å². The maximum absolute atomic E-state index is 12.6. The van der Waals surface area contributed by atoms with E-state index < -0.39 is 0 Å². The van der Waals surface area contributed by atoms with E-state index in [-0.39, 0.29) is 23.8 Å². The molecule has 0 aromatic heterocycles. The van der Waals surface area contributed by atoms with Gasteiger partial charge in [-0.05, 0) is 43.6 Å². The summed E-state index contributed by atoms with van der Waals surface area (Å²) >= 11 is 0. The van der Waals surface area contributed by atoms with Gasteiger partial charge in [-0.25, -0.2) is 0 Å². The largest absolute Gasteiger partial charge is 0.396 e. The highest BCUT2D eigenvalue weighted by Gasteiger charge is 2.34. The molecular weight excluding hydrogens is 274 g/mol. The molecule has 1 fully saturated rings. The van der Waals surface area contributed by atoms with E-state index in [1.54, 1.807) is 0 Å². The summed E-state index contributed by atoms with van der Waals surface area (Å²) in [7, 11) is 0. The number of aryl methyl sites for hydroxylation is 1. The van der Waals surface area contributed by atoms with Gasteiger partial charge in [-0.2, -0.15) is 0 Å². The molecule has 1 aliphatic rings. The van der Waals surface area contributed by atoms with Crippen LogP contribution in [0.2, 0.25) is 0 Å². The van der Waals surface area contributed by atoms with Crippen molar-refractivity contribution in [2.45, 2.75) is 46.5 Å². The van der Waals surface area contributed by atoms with Crippen molar-refractivity contribution in [3.8, 4) is 0 Å². The molecule has 0 radical (unpaired) electrons. The maximum atomic E-state index is 12.6. The normalized spacial score (nSPS) is 19.0. The second-order valence-electron chi connectivity index (χ2n) is 6.93. The molecule has 1 N–H and O–H groups in total. The molecule has 1 aromatic carbocycles. The Morgan fingerprint density at radius 2 is 1.86 bits per heavy atom. The highest BCUT2D eigenvalue weighted by atomic mass is 16.3. The van der Waals surface area contributed by atoms with Crippen LogP contribution in [0.5, 0.6) is 0 Å². The average molecular weight is 303 g/mol. The Morgan fingerprint density at radius 3 is 2.36 bits per heavy atom. The lowest BCUT2D eigenvalue weighted by atomic mass is 9.77. The lowest BCUT2D eigenvalue weighted by molar-refractivity contribution is -0.137. The number of rotatable bonds is 5. The van der Waals surface area contributed by atoms with Crippen LogP contribution in [-0.4, -0.2) is 35.6 Å². The number of hydrogen-bond acceptors (Lipinski definition) is 2. The summed E-state index contributed by atoms with van der Waals surface area (Å²) in [6.07, 6.45) is 3.63. The molecule has 22 heavy (non-hydrogen) atoms. The number of aliphatic hydroxyl groups excluding tert-OH is 1. The Bertz CT molecular complexity index is 481. The van der Waals surface area contributed by atoms with Gasteiger partial charge in [0.25, 0.3) is 0 Å². The molecule has 2 rings (SSSR count). The molecule has 1 aliphatic heterocycles. The molecular formula is C19H29NO2. The van der Waals surface area contributed by atoms with Crippen LogP contribution in [0, 0.1) is 18.3 Å². The van der Waals surface area contributed by atoms with Crippen molar-refractivity contribution in [2.75, 3.05) is 19.7 Å². The Morgan fingerprint density at radius 1 is 1.27 bits per heavy atom. The van der Waals surface area contributed by atoms with Gasteiger partial charge in [-0.3, -0.25) is 4.79 Å². The molecule has 0 aliphatic carbocycles. The van der Waals surface area contributed by atoms with E-state index in [0.29, 0.717) is 0 Å². The van der Waals surface area contributed by atoms with Gasteiger partial charge in [0.1, 0.15) is 0 Å². The Kier molecular flexibility index (Phi) is 5.63. The first kappa shape index (κ1) is 17.0. The lowest BCUT2D eigenvalue weighted by Crippen LogP contribution is -2.46. The third-order valence-corrected chi connectivity index (χ3v) is 5.31. The monoisotopic (exact) mass is 303 g/mol.